The Kier molecular flexibility index (Phi) is 6.79. The van der Waals surface area contributed by atoms with Crippen molar-refractivity contribution in [2.24, 2.45) is 10.2 Å². The van der Waals surface area contributed by atoms with Gasteiger partial charge in [0.1, 0.15) is 16.3 Å². The molecule has 0 bridgehead atoms. The summed E-state index contributed by atoms with van der Waals surface area (Å²) in [5.41, 5.74) is 8.88. The molecule has 0 saturated heterocycles. The number of anilines is 1. The molecule has 1 heterocycles. The van der Waals surface area contributed by atoms with Crippen LogP contribution in [0.1, 0.15) is 0 Å². The third-order valence-corrected chi connectivity index (χ3v) is 6.28. The zero-order chi connectivity index (χ0) is 23.0. The molecule has 9 heteroatoms. The van der Waals surface area contributed by atoms with Crippen molar-refractivity contribution in [1.82, 2.24) is 4.98 Å². The van der Waals surface area contributed by atoms with Crippen molar-refractivity contribution in [3.8, 4) is 11.3 Å². The molecule has 7 nitrogen and oxygen atoms in total. The second kappa shape index (κ2) is 9.61. The molecule has 0 aliphatic carbocycles. The molecule has 0 aliphatic heterocycles. The van der Waals surface area contributed by atoms with Gasteiger partial charge >= 0.3 is 29.6 Å². The minimum atomic E-state index is -4.48. The molecular formula is C25H19N4NaO3S. The van der Waals surface area contributed by atoms with Gasteiger partial charge in [-0.1, -0.05) is 66.7 Å². The Bertz CT molecular complexity index is 1650. The standard InChI is InChI=1S/C25H18N4O3S.Na.H/c26-25-21-10-4-3-9-20(21)24(33(30,31)32)14-23(25)29-28-17-12-13-22(27-15-17)19-11-5-7-16-6-1-2-8-18(16)19;;/h1-15H,26H2,(H,30,31,32);;. The van der Waals surface area contributed by atoms with E-state index in [0.717, 1.165) is 22.0 Å². The number of benzene rings is 4. The summed E-state index contributed by atoms with van der Waals surface area (Å²) in [4.78, 5) is 4.25. The zero-order valence-electron chi connectivity index (χ0n) is 17.3. The molecule has 34 heavy (non-hydrogen) atoms. The third-order valence-electron chi connectivity index (χ3n) is 5.39. The number of rotatable bonds is 4. The summed E-state index contributed by atoms with van der Waals surface area (Å²) >= 11 is 0. The van der Waals surface area contributed by atoms with E-state index in [4.69, 9.17) is 5.73 Å². The molecular weight excluding hydrogens is 459 g/mol. The van der Waals surface area contributed by atoms with Crippen LogP contribution in [0, 0.1) is 0 Å². The maximum absolute atomic E-state index is 11.9. The summed E-state index contributed by atoms with van der Waals surface area (Å²) in [7, 11) is -4.48. The number of fused-ring (bicyclic) bond motifs is 2. The molecule has 0 saturated carbocycles. The second-order valence-electron chi connectivity index (χ2n) is 7.46. The van der Waals surface area contributed by atoms with Gasteiger partial charge in [0.15, 0.2) is 0 Å². The molecule has 5 rings (SSSR count). The molecule has 0 atom stereocenters. The van der Waals surface area contributed by atoms with Crippen LogP contribution in [0.15, 0.2) is 106 Å². The van der Waals surface area contributed by atoms with Gasteiger partial charge in [-0.25, -0.2) is 0 Å². The number of nitrogens with zero attached hydrogens (tertiary/aromatic N) is 3. The first kappa shape index (κ1) is 24.0. The van der Waals surface area contributed by atoms with E-state index in [0.29, 0.717) is 16.5 Å². The molecule has 0 spiro atoms. The Balaban J connectivity index is 0.00000274. The van der Waals surface area contributed by atoms with Crippen LogP contribution < -0.4 is 5.73 Å². The van der Waals surface area contributed by atoms with Crippen LogP contribution in [0.3, 0.4) is 0 Å². The topological polar surface area (TPSA) is 118 Å². The van der Waals surface area contributed by atoms with Crippen LogP contribution in [0.4, 0.5) is 17.1 Å². The Morgan fingerprint density at radius 3 is 2.18 bits per heavy atom. The quantitative estimate of drug-likeness (QED) is 0.150. The van der Waals surface area contributed by atoms with Crippen LogP contribution in [-0.2, 0) is 10.1 Å². The van der Waals surface area contributed by atoms with Crippen molar-refractivity contribution in [2.45, 2.75) is 4.90 Å². The predicted octanol–water partition coefficient (Wildman–Crippen LogP) is 5.65. The molecule has 0 radical (unpaired) electrons. The average molecular weight is 479 g/mol. The van der Waals surface area contributed by atoms with Crippen molar-refractivity contribution in [2.75, 3.05) is 5.73 Å². The van der Waals surface area contributed by atoms with Gasteiger partial charge in [-0.2, -0.15) is 8.42 Å². The molecule has 0 amide bonds. The van der Waals surface area contributed by atoms with E-state index >= 15 is 0 Å². The normalized spacial score (nSPS) is 11.7. The summed E-state index contributed by atoms with van der Waals surface area (Å²) in [6.07, 6.45) is 1.58. The van der Waals surface area contributed by atoms with Crippen LogP contribution in [0.2, 0.25) is 0 Å². The number of hydrogen-bond acceptors (Lipinski definition) is 6. The minimum absolute atomic E-state index is 0. The average Bonchev–Trinajstić information content (AvgIpc) is 2.83. The van der Waals surface area contributed by atoms with Gasteiger partial charge in [0, 0.05) is 16.3 Å². The van der Waals surface area contributed by atoms with Crippen molar-refractivity contribution in [1.29, 1.82) is 0 Å². The first-order chi connectivity index (χ1) is 15.9. The zero-order valence-corrected chi connectivity index (χ0v) is 18.1. The molecule has 0 fully saturated rings. The van der Waals surface area contributed by atoms with E-state index in [1.54, 1.807) is 36.5 Å². The molecule has 5 aromatic rings. The second-order valence-corrected chi connectivity index (χ2v) is 8.85. The van der Waals surface area contributed by atoms with E-state index in [2.05, 4.69) is 33.4 Å². The van der Waals surface area contributed by atoms with Crippen molar-refractivity contribution in [3.05, 3.63) is 91.1 Å². The van der Waals surface area contributed by atoms with Crippen molar-refractivity contribution < 1.29 is 13.0 Å². The SMILES string of the molecule is Nc1c(N=Nc2ccc(-c3cccc4ccccc34)nc2)cc(S(=O)(=O)O)c2ccccc12.[NaH]. The van der Waals surface area contributed by atoms with E-state index in [1.165, 1.54) is 6.07 Å². The Hall–Kier alpha value is -3.14. The van der Waals surface area contributed by atoms with Gasteiger partial charge in [0.25, 0.3) is 10.1 Å². The first-order valence-corrected chi connectivity index (χ1v) is 11.5. The van der Waals surface area contributed by atoms with Crippen LogP contribution in [-0.4, -0.2) is 47.5 Å². The van der Waals surface area contributed by atoms with Gasteiger partial charge in [0.2, 0.25) is 0 Å². The Labute approximate surface area is 218 Å². The summed E-state index contributed by atoms with van der Waals surface area (Å²) in [5.74, 6) is 0. The molecule has 164 valence electrons. The van der Waals surface area contributed by atoms with Crippen LogP contribution in [0.5, 0.6) is 0 Å². The van der Waals surface area contributed by atoms with Crippen LogP contribution >= 0.6 is 0 Å². The molecule has 0 unspecified atom stereocenters. The van der Waals surface area contributed by atoms with Gasteiger partial charge in [0.05, 0.1) is 17.6 Å². The molecule has 3 N–H and O–H groups in total. The Morgan fingerprint density at radius 2 is 1.47 bits per heavy atom. The fourth-order valence-electron chi connectivity index (χ4n) is 3.81. The van der Waals surface area contributed by atoms with Gasteiger partial charge < -0.3 is 5.73 Å². The fraction of sp³-hybridized carbons (Fsp3) is 0. The molecule has 1 aromatic heterocycles. The number of azo groups is 1. The fourth-order valence-corrected chi connectivity index (χ4v) is 4.53. The van der Waals surface area contributed by atoms with Crippen LogP contribution in [0.25, 0.3) is 32.8 Å². The van der Waals surface area contributed by atoms with E-state index < -0.39 is 10.1 Å². The molecule has 0 aliphatic rings. The predicted molar refractivity (Wildman–Crippen MR) is 137 cm³/mol. The van der Waals surface area contributed by atoms with E-state index in [-0.39, 0.29) is 45.8 Å². The van der Waals surface area contributed by atoms with Gasteiger partial charge in [-0.3, -0.25) is 9.54 Å². The number of aromatic nitrogens is 1. The monoisotopic (exact) mass is 478 g/mol. The molecule has 4 aromatic carbocycles. The Morgan fingerprint density at radius 1 is 0.794 bits per heavy atom. The number of nitrogen functional groups attached to an aromatic ring is 1. The summed E-state index contributed by atoms with van der Waals surface area (Å²) in [6.45, 7) is 0. The number of hydrogen-bond donors (Lipinski definition) is 2. The third kappa shape index (κ3) is 4.59. The summed E-state index contributed by atoms with van der Waals surface area (Å²) in [6, 6.07) is 25.6. The van der Waals surface area contributed by atoms with E-state index in [1.807, 2.05) is 30.3 Å². The van der Waals surface area contributed by atoms with E-state index in [9.17, 15) is 13.0 Å². The summed E-state index contributed by atoms with van der Waals surface area (Å²) < 4.78 is 33.4. The summed E-state index contributed by atoms with van der Waals surface area (Å²) in [5, 5.41) is 11.3. The maximum atomic E-state index is 11.9. The first-order valence-electron chi connectivity index (χ1n) is 10.1. The van der Waals surface area contributed by atoms with Crippen molar-refractivity contribution in [3.63, 3.8) is 0 Å². The number of nitrogens with two attached hydrogens (primary N) is 1. The van der Waals surface area contributed by atoms with Crippen molar-refractivity contribution >= 4 is 78.3 Å². The number of pyridine rings is 1. The van der Waals surface area contributed by atoms with Gasteiger partial charge in [-0.05, 0) is 29.0 Å². The van der Waals surface area contributed by atoms with Gasteiger partial charge in [-0.15, -0.1) is 10.2 Å².